The van der Waals surface area contributed by atoms with E-state index in [-0.39, 0.29) is 5.92 Å². The Bertz CT molecular complexity index is 150. The molecular formula is C7H9O2. The molecule has 0 amide bonds. The lowest BCUT2D eigenvalue weighted by molar-refractivity contribution is -0.136. The monoisotopic (exact) mass is 125 g/mol. The highest BCUT2D eigenvalue weighted by atomic mass is 16.4. The van der Waals surface area contributed by atoms with E-state index >= 15 is 0 Å². The van der Waals surface area contributed by atoms with Gasteiger partial charge in [-0.1, -0.05) is 19.8 Å². The van der Waals surface area contributed by atoms with Gasteiger partial charge in [-0.15, -0.1) is 0 Å². The molecule has 0 saturated heterocycles. The van der Waals surface area contributed by atoms with Gasteiger partial charge >= 0.3 is 5.97 Å². The summed E-state index contributed by atoms with van der Waals surface area (Å²) in [6, 6.07) is 0. The number of hydrogen-bond donors (Lipinski definition) is 0. The van der Waals surface area contributed by atoms with Crippen molar-refractivity contribution in [2.24, 2.45) is 5.92 Å². The van der Waals surface area contributed by atoms with Crippen LogP contribution >= 0.6 is 0 Å². The Kier molecular flexibility index (Phi) is 3.54. The predicted octanol–water partition coefficient (Wildman–Crippen LogP) is 0.993. The van der Waals surface area contributed by atoms with Crippen LogP contribution in [0.4, 0.5) is 0 Å². The van der Waals surface area contributed by atoms with Crippen LogP contribution in [-0.4, -0.2) is 5.97 Å². The summed E-state index contributed by atoms with van der Waals surface area (Å²) in [5, 5.41) is 9.73. The fraction of sp³-hybridized carbons (Fsp3) is 0.571. The Balaban J connectivity index is 3.72. The molecule has 0 aliphatic rings. The molecular weight excluding hydrogens is 116 g/mol. The van der Waals surface area contributed by atoms with Crippen molar-refractivity contribution >= 4 is 5.97 Å². The predicted molar refractivity (Wildman–Crippen MR) is 32.9 cm³/mol. The second kappa shape index (κ2) is 3.96. The van der Waals surface area contributed by atoms with Crippen molar-refractivity contribution in [3.63, 3.8) is 0 Å². The lowest BCUT2D eigenvalue weighted by atomic mass is 10.1. The molecule has 2 nitrogen and oxygen atoms in total. The van der Waals surface area contributed by atoms with Gasteiger partial charge in [0.2, 0.25) is 0 Å². The van der Waals surface area contributed by atoms with E-state index in [2.05, 4.69) is 5.92 Å². The van der Waals surface area contributed by atoms with Gasteiger partial charge in [0.05, 0.1) is 0 Å². The molecule has 0 bridgehead atoms. The quantitative estimate of drug-likeness (QED) is 0.481. The second-order valence-corrected chi connectivity index (χ2v) is 1.87. The van der Waals surface area contributed by atoms with Crippen molar-refractivity contribution in [2.75, 3.05) is 0 Å². The third-order valence-corrected chi connectivity index (χ3v) is 1.03. The molecule has 0 fully saturated rings. The Labute approximate surface area is 54.9 Å². The Morgan fingerprint density at radius 3 is 2.56 bits per heavy atom. The third-order valence-electron chi connectivity index (χ3n) is 1.03. The van der Waals surface area contributed by atoms with Crippen LogP contribution in [0, 0.1) is 17.8 Å². The average molecular weight is 125 g/mol. The molecule has 0 aromatic heterocycles. The van der Waals surface area contributed by atoms with E-state index in [0.29, 0.717) is 0 Å². The highest BCUT2D eigenvalue weighted by Gasteiger charge is 1.91. The van der Waals surface area contributed by atoms with E-state index in [1.165, 1.54) is 0 Å². The minimum absolute atomic E-state index is 0.155. The maximum absolute atomic E-state index is 9.73. The summed E-state index contributed by atoms with van der Waals surface area (Å²) >= 11 is 0. The van der Waals surface area contributed by atoms with E-state index in [0.717, 1.165) is 6.42 Å². The zero-order valence-electron chi connectivity index (χ0n) is 5.60. The minimum Gasteiger partial charge on any atom is -0.231 e. The van der Waals surface area contributed by atoms with E-state index in [1.807, 2.05) is 19.8 Å². The van der Waals surface area contributed by atoms with Crippen molar-refractivity contribution < 1.29 is 9.90 Å². The molecule has 0 aromatic rings. The van der Waals surface area contributed by atoms with Gasteiger partial charge in [-0.25, -0.2) is 9.90 Å². The largest absolute Gasteiger partial charge is 0.429 e. The molecule has 1 radical (unpaired) electrons. The van der Waals surface area contributed by atoms with E-state index in [4.69, 9.17) is 0 Å². The fourth-order valence-electron chi connectivity index (χ4n) is 0.284. The zero-order chi connectivity index (χ0) is 7.28. The van der Waals surface area contributed by atoms with E-state index < -0.39 is 5.97 Å². The molecule has 0 aliphatic carbocycles. The molecule has 1 unspecified atom stereocenters. The van der Waals surface area contributed by atoms with Crippen LogP contribution in [0.2, 0.25) is 0 Å². The van der Waals surface area contributed by atoms with E-state index in [9.17, 15) is 9.90 Å². The van der Waals surface area contributed by atoms with Crippen molar-refractivity contribution in [3.8, 4) is 11.8 Å². The minimum atomic E-state index is -1.30. The van der Waals surface area contributed by atoms with Gasteiger partial charge < -0.3 is 0 Å². The maximum atomic E-state index is 9.73. The lowest BCUT2D eigenvalue weighted by Crippen LogP contribution is -1.89. The van der Waals surface area contributed by atoms with Gasteiger partial charge in [-0.05, 0) is 6.42 Å². The number of hydrogen-bond acceptors (Lipinski definition) is 1. The third kappa shape index (κ3) is 4.89. The number of carbonyl (C=O) groups excluding carboxylic acids is 1. The normalized spacial score (nSPS) is 11.3. The van der Waals surface area contributed by atoms with Crippen molar-refractivity contribution in [1.29, 1.82) is 0 Å². The zero-order valence-corrected chi connectivity index (χ0v) is 5.60. The van der Waals surface area contributed by atoms with Crippen LogP contribution < -0.4 is 0 Å². The first-order valence-electron chi connectivity index (χ1n) is 2.89. The summed E-state index contributed by atoms with van der Waals surface area (Å²) in [7, 11) is 0. The first-order valence-corrected chi connectivity index (χ1v) is 2.89. The summed E-state index contributed by atoms with van der Waals surface area (Å²) in [6.07, 6.45) is 0.875. The molecule has 0 saturated carbocycles. The van der Waals surface area contributed by atoms with Crippen molar-refractivity contribution in [3.05, 3.63) is 0 Å². The summed E-state index contributed by atoms with van der Waals surface area (Å²) in [5.41, 5.74) is 0. The molecule has 0 heterocycles. The average Bonchev–Trinajstić information content (AvgIpc) is 1.83. The molecule has 2 heteroatoms. The highest BCUT2D eigenvalue weighted by Crippen LogP contribution is 1.95. The molecule has 0 rings (SSSR count). The smallest absolute Gasteiger partial charge is 0.231 e. The van der Waals surface area contributed by atoms with Gasteiger partial charge in [0, 0.05) is 11.8 Å². The number of rotatable bonds is 1. The van der Waals surface area contributed by atoms with Gasteiger partial charge in [0.15, 0.2) is 0 Å². The first-order chi connectivity index (χ1) is 4.16. The van der Waals surface area contributed by atoms with Crippen LogP contribution in [0.3, 0.4) is 0 Å². The SMILES string of the molecule is CCC(C)C#CC([O])=O. The van der Waals surface area contributed by atoms with Crippen molar-refractivity contribution in [2.45, 2.75) is 20.3 Å². The summed E-state index contributed by atoms with van der Waals surface area (Å²) in [4.78, 5) is 9.73. The molecule has 0 aromatic carbocycles. The lowest BCUT2D eigenvalue weighted by Gasteiger charge is -1.91. The van der Waals surface area contributed by atoms with Crippen LogP contribution in [0.15, 0.2) is 0 Å². The molecule has 0 aliphatic heterocycles. The van der Waals surface area contributed by atoms with E-state index in [1.54, 1.807) is 0 Å². The molecule has 9 heavy (non-hydrogen) atoms. The molecule has 0 spiro atoms. The Hall–Kier alpha value is -0.970. The van der Waals surface area contributed by atoms with Gasteiger partial charge in [0.1, 0.15) is 0 Å². The van der Waals surface area contributed by atoms with Crippen molar-refractivity contribution in [1.82, 2.24) is 0 Å². The summed E-state index contributed by atoms with van der Waals surface area (Å²) in [6.45, 7) is 3.82. The summed E-state index contributed by atoms with van der Waals surface area (Å²) < 4.78 is 0. The van der Waals surface area contributed by atoms with Gasteiger partial charge in [0.25, 0.3) is 0 Å². The number of carbonyl (C=O) groups is 1. The fourth-order valence-corrected chi connectivity index (χ4v) is 0.284. The Morgan fingerprint density at radius 1 is 1.67 bits per heavy atom. The van der Waals surface area contributed by atoms with Crippen LogP contribution in [-0.2, 0) is 9.90 Å². The topological polar surface area (TPSA) is 37.0 Å². The maximum Gasteiger partial charge on any atom is 0.429 e. The molecule has 0 N–H and O–H groups in total. The molecule has 49 valence electrons. The second-order valence-electron chi connectivity index (χ2n) is 1.87. The molecule has 1 atom stereocenters. The van der Waals surface area contributed by atoms with Crippen LogP contribution in [0.25, 0.3) is 0 Å². The standard InChI is InChI=1S/C7H9O2/c1-3-6(2)4-5-7(8)9/h6H,3H2,1-2H3. The first kappa shape index (κ1) is 8.03. The van der Waals surface area contributed by atoms with Gasteiger partial charge in [-0.2, -0.15) is 0 Å². The van der Waals surface area contributed by atoms with Crippen LogP contribution in [0.5, 0.6) is 0 Å². The highest BCUT2D eigenvalue weighted by molar-refractivity contribution is 5.86. The van der Waals surface area contributed by atoms with Gasteiger partial charge in [-0.3, -0.25) is 0 Å². The Morgan fingerprint density at radius 2 is 2.22 bits per heavy atom. The summed E-state index contributed by atoms with van der Waals surface area (Å²) in [5.74, 6) is 3.33. The van der Waals surface area contributed by atoms with Crippen LogP contribution in [0.1, 0.15) is 20.3 Å².